The predicted octanol–water partition coefficient (Wildman–Crippen LogP) is 5.28. The Morgan fingerprint density at radius 1 is 1.14 bits per heavy atom. The largest absolute Gasteiger partial charge is 0.481 e. The quantitative estimate of drug-likeness (QED) is 0.540. The van der Waals surface area contributed by atoms with Crippen molar-refractivity contribution in [1.29, 1.82) is 0 Å². The molecule has 0 fully saturated rings. The third-order valence-corrected chi connectivity index (χ3v) is 4.73. The Bertz CT molecular complexity index is 955. The summed E-state index contributed by atoms with van der Waals surface area (Å²) in [4.78, 5) is 10.9. The fourth-order valence-electron chi connectivity index (χ4n) is 2.87. The summed E-state index contributed by atoms with van der Waals surface area (Å²) in [6.07, 6.45) is -0.0973. The molecule has 0 spiro atoms. The number of aromatic nitrogens is 2. The Kier molecular flexibility index (Phi) is 6.73. The van der Waals surface area contributed by atoms with E-state index in [4.69, 9.17) is 33.0 Å². The molecule has 3 rings (SSSR count). The van der Waals surface area contributed by atoms with Gasteiger partial charge in [-0.3, -0.25) is 4.79 Å². The molecule has 1 aromatic heterocycles. The monoisotopic (exact) mass is 418 g/mol. The van der Waals surface area contributed by atoms with E-state index in [-0.39, 0.29) is 6.42 Å². The molecule has 0 saturated heterocycles. The van der Waals surface area contributed by atoms with Crippen LogP contribution in [0.25, 0.3) is 0 Å². The average molecular weight is 419 g/mol. The highest BCUT2D eigenvalue weighted by molar-refractivity contribution is 6.30. The molecule has 2 aromatic carbocycles. The lowest BCUT2D eigenvalue weighted by molar-refractivity contribution is -0.136. The Hall–Kier alpha value is -2.34. The number of hydrogen-bond acceptors (Lipinski definition) is 3. The highest BCUT2D eigenvalue weighted by Crippen LogP contribution is 2.26. The molecule has 146 valence electrons. The minimum Gasteiger partial charge on any atom is -0.481 e. The van der Waals surface area contributed by atoms with E-state index in [9.17, 15) is 4.79 Å². The van der Waals surface area contributed by atoms with Gasteiger partial charge in [-0.2, -0.15) is 5.10 Å². The molecule has 0 radical (unpaired) electrons. The van der Waals surface area contributed by atoms with Crippen molar-refractivity contribution in [3.63, 3.8) is 0 Å². The summed E-state index contributed by atoms with van der Waals surface area (Å²) in [7, 11) is 0. The van der Waals surface area contributed by atoms with E-state index in [0.717, 1.165) is 16.8 Å². The van der Waals surface area contributed by atoms with Crippen LogP contribution in [0.4, 0.5) is 0 Å². The lowest BCUT2D eigenvalue weighted by Crippen LogP contribution is -2.17. The second-order valence-corrected chi connectivity index (χ2v) is 7.33. The van der Waals surface area contributed by atoms with Crippen LogP contribution in [0.15, 0.2) is 54.6 Å². The summed E-state index contributed by atoms with van der Waals surface area (Å²) < 4.78 is 7.96. The molecule has 7 heteroatoms. The maximum atomic E-state index is 10.9. The first kappa shape index (κ1) is 20.4. The van der Waals surface area contributed by atoms with E-state index in [1.165, 1.54) is 0 Å². The maximum absolute atomic E-state index is 10.9. The van der Waals surface area contributed by atoms with Crippen molar-refractivity contribution in [2.24, 2.45) is 0 Å². The zero-order valence-corrected chi connectivity index (χ0v) is 16.8. The lowest BCUT2D eigenvalue weighted by Gasteiger charge is -2.21. The van der Waals surface area contributed by atoms with Crippen molar-refractivity contribution in [2.75, 3.05) is 0 Å². The molecule has 0 saturated carbocycles. The molecule has 1 atom stereocenters. The van der Waals surface area contributed by atoms with Crippen LogP contribution in [-0.2, 0) is 22.6 Å². The maximum Gasteiger partial charge on any atom is 0.303 e. The van der Waals surface area contributed by atoms with Gasteiger partial charge in [0.25, 0.3) is 0 Å². The van der Waals surface area contributed by atoms with E-state index in [1.807, 2.05) is 55.5 Å². The van der Waals surface area contributed by atoms with Crippen LogP contribution in [0.1, 0.15) is 35.2 Å². The number of carboxylic acid groups (broad SMARTS) is 1. The summed E-state index contributed by atoms with van der Waals surface area (Å²) >= 11 is 12.1. The Morgan fingerprint density at radius 3 is 2.57 bits per heavy atom. The molecule has 0 aliphatic carbocycles. The van der Waals surface area contributed by atoms with Crippen LogP contribution in [0.2, 0.25) is 10.0 Å². The number of rotatable bonds is 8. The Balaban J connectivity index is 1.87. The highest BCUT2D eigenvalue weighted by Gasteiger charge is 2.19. The number of carbonyl (C=O) groups is 1. The first-order valence-electron chi connectivity index (χ1n) is 8.80. The van der Waals surface area contributed by atoms with Gasteiger partial charge in [-0.05, 0) is 42.8 Å². The van der Waals surface area contributed by atoms with Gasteiger partial charge >= 0.3 is 5.97 Å². The SMILES string of the molecule is Cc1cc(CCC(=O)O)nn1C(OCc1ccc(Cl)cc1)c1cccc(Cl)c1. The first-order chi connectivity index (χ1) is 13.4. The number of benzene rings is 2. The van der Waals surface area contributed by atoms with Gasteiger partial charge in [-0.25, -0.2) is 4.68 Å². The summed E-state index contributed by atoms with van der Waals surface area (Å²) in [5, 5.41) is 14.8. The van der Waals surface area contributed by atoms with Crippen molar-refractivity contribution in [1.82, 2.24) is 9.78 Å². The van der Waals surface area contributed by atoms with Gasteiger partial charge in [0.2, 0.25) is 0 Å². The second kappa shape index (κ2) is 9.24. The van der Waals surface area contributed by atoms with Crippen molar-refractivity contribution in [3.05, 3.63) is 87.2 Å². The summed E-state index contributed by atoms with van der Waals surface area (Å²) in [6, 6.07) is 16.8. The van der Waals surface area contributed by atoms with E-state index in [2.05, 4.69) is 5.10 Å². The third kappa shape index (κ3) is 5.35. The molecule has 0 bridgehead atoms. The smallest absolute Gasteiger partial charge is 0.303 e. The van der Waals surface area contributed by atoms with E-state index >= 15 is 0 Å². The number of nitrogens with zero attached hydrogens (tertiary/aromatic N) is 2. The third-order valence-electron chi connectivity index (χ3n) is 4.25. The molecule has 3 aromatic rings. The summed E-state index contributed by atoms with van der Waals surface area (Å²) in [6.45, 7) is 2.28. The fourth-order valence-corrected chi connectivity index (χ4v) is 3.20. The molecular weight excluding hydrogens is 399 g/mol. The van der Waals surface area contributed by atoms with Gasteiger partial charge < -0.3 is 9.84 Å². The zero-order valence-electron chi connectivity index (χ0n) is 15.3. The van der Waals surface area contributed by atoms with Gasteiger partial charge in [0, 0.05) is 27.7 Å². The van der Waals surface area contributed by atoms with Crippen LogP contribution in [-0.4, -0.2) is 20.9 Å². The second-order valence-electron chi connectivity index (χ2n) is 6.46. The topological polar surface area (TPSA) is 64.3 Å². The molecule has 1 unspecified atom stereocenters. The van der Waals surface area contributed by atoms with Gasteiger partial charge in [-0.1, -0.05) is 47.5 Å². The van der Waals surface area contributed by atoms with Gasteiger partial charge in [-0.15, -0.1) is 0 Å². The Morgan fingerprint density at radius 2 is 1.89 bits per heavy atom. The molecule has 0 aliphatic rings. The molecular formula is C21H20Cl2N2O3. The normalized spacial score (nSPS) is 12.1. The van der Waals surface area contributed by atoms with Crippen molar-refractivity contribution >= 4 is 29.2 Å². The zero-order chi connectivity index (χ0) is 20.1. The molecule has 1 N–H and O–H groups in total. The van der Waals surface area contributed by atoms with Crippen LogP contribution in [0.3, 0.4) is 0 Å². The van der Waals surface area contributed by atoms with Gasteiger partial charge in [0.05, 0.1) is 18.7 Å². The standard InChI is InChI=1S/C21H20Cl2N2O3/c1-14-11-19(9-10-20(26)27)24-25(14)21(16-3-2-4-18(23)12-16)28-13-15-5-7-17(22)8-6-15/h2-8,11-12,21H,9-10,13H2,1H3,(H,26,27). The minimum absolute atomic E-state index is 0.0317. The summed E-state index contributed by atoms with van der Waals surface area (Å²) in [5.41, 5.74) is 3.42. The van der Waals surface area contributed by atoms with Crippen molar-refractivity contribution in [2.45, 2.75) is 32.6 Å². The number of ether oxygens (including phenoxy) is 1. The number of aliphatic carboxylic acids is 1. The molecule has 28 heavy (non-hydrogen) atoms. The number of halogens is 2. The van der Waals surface area contributed by atoms with Crippen molar-refractivity contribution < 1.29 is 14.6 Å². The van der Waals surface area contributed by atoms with Crippen LogP contribution >= 0.6 is 23.2 Å². The minimum atomic E-state index is -0.849. The first-order valence-corrected chi connectivity index (χ1v) is 9.56. The lowest BCUT2D eigenvalue weighted by atomic mass is 10.2. The molecule has 5 nitrogen and oxygen atoms in total. The fraction of sp³-hybridized carbons (Fsp3) is 0.238. The highest BCUT2D eigenvalue weighted by atomic mass is 35.5. The van der Waals surface area contributed by atoms with E-state index < -0.39 is 12.2 Å². The van der Waals surface area contributed by atoms with Crippen molar-refractivity contribution in [3.8, 4) is 0 Å². The van der Waals surface area contributed by atoms with Gasteiger partial charge in [0.1, 0.15) is 0 Å². The molecule has 0 amide bonds. The number of hydrogen-bond donors (Lipinski definition) is 1. The van der Waals surface area contributed by atoms with Crippen LogP contribution in [0, 0.1) is 6.92 Å². The van der Waals surface area contributed by atoms with Gasteiger partial charge in [0.15, 0.2) is 6.23 Å². The Labute approximate surface area is 173 Å². The molecule has 0 aliphatic heterocycles. The average Bonchev–Trinajstić information content (AvgIpc) is 3.02. The number of aryl methyl sites for hydroxylation is 2. The summed E-state index contributed by atoms with van der Waals surface area (Å²) in [5.74, 6) is -0.849. The number of carboxylic acids is 1. The molecule has 1 heterocycles. The van der Waals surface area contributed by atoms with E-state index in [1.54, 1.807) is 10.7 Å². The predicted molar refractivity (Wildman–Crippen MR) is 109 cm³/mol. The van der Waals surface area contributed by atoms with E-state index in [0.29, 0.717) is 28.8 Å². The van der Waals surface area contributed by atoms with Crippen LogP contribution in [0.5, 0.6) is 0 Å². The van der Waals surface area contributed by atoms with Crippen LogP contribution < -0.4 is 0 Å².